The van der Waals surface area contributed by atoms with Crippen LogP contribution in [0.4, 0.5) is 5.69 Å². The molecule has 0 aromatic heterocycles. The van der Waals surface area contributed by atoms with Crippen molar-refractivity contribution in [2.45, 2.75) is 43.8 Å². The predicted octanol–water partition coefficient (Wildman–Crippen LogP) is 2.06. The number of carboxylic acid groups (broad SMARTS) is 1. The maximum Gasteiger partial charge on any atom is 0.331 e. The number of carbonyl (C=O) groups is 2. The van der Waals surface area contributed by atoms with Crippen LogP contribution in [0.1, 0.15) is 32.1 Å². The molecule has 3 aliphatic rings. The topological polar surface area (TPSA) is 90.3 Å². The predicted molar refractivity (Wildman–Crippen MR) is 112 cm³/mol. The summed E-state index contributed by atoms with van der Waals surface area (Å²) in [5, 5.41) is 20.3. The normalized spacial score (nSPS) is 28.6. The number of esters is 1. The van der Waals surface area contributed by atoms with Gasteiger partial charge < -0.3 is 19.8 Å². The summed E-state index contributed by atoms with van der Waals surface area (Å²) in [5.74, 6) is -1.89. The van der Waals surface area contributed by atoms with Crippen LogP contribution < -0.4 is 4.90 Å². The molecule has 0 radical (unpaired) electrons. The van der Waals surface area contributed by atoms with Gasteiger partial charge in [-0.2, -0.15) is 0 Å². The quantitative estimate of drug-likeness (QED) is 0.544. The Balaban J connectivity index is 1.40. The fourth-order valence-corrected chi connectivity index (χ4v) is 5.37. The van der Waals surface area contributed by atoms with Crippen molar-refractivity contribution in [2.75, 3.05) is 37.6 Å². The number of nitrogens with zero attached hydrogens (tertiary/aromatic N) is 2. The summed E-state index contributed by atoms with van der Waals surface area (Å²) in [6.45, 7) is 3.94. The third-order valence-electron chi connectivity index (χ3n) is 7.01. The van der Waals surface area contributed by atoms with E-state index in [4.69, 9.17) is 9.84 Å². The lowest BCUT2D eigenvalue weighted by atomic mass is 9.83. The molecule has 0 bridgehead atoms. The zero-order chi connectivity index (χ0) is 21.2. The van der Waals surface area contributed by atoms with E-state index in [2.05, 4.69) is 21.9 Å². The second-order valence-corrected chi connectivity index (χ2v) is 8.73. The Morgan fingerprint density at radius 2 is 1.70 bits per heavy atom. The molecule has 1 aromatic carbocycles. The van der Waals surface area contributed by atoms with Crippen molar-refractivity contribution in [1.82, 2.24) is 4.90 Å². The van der Waals surface area contributed by atoms with Gasteiger partial charge >= 0.3 is 11.9 Å². The third kappa shape index (κ3) is 3.96. The second-order valence-electron chi connectivity index (χ2n) is 8.73. The minimum atomic E-state index is -1.19. The van der Waals surface area contributed by atoms with Crippen LogP contribution in [0.25, 0.3) is 0 Å². The van der Waals surface area contributed by atoms with Crippen LogP contribution in [0, 0.1) is 5.41 Å². The van der Waals surface area contributed by atoms with Crippen molar-refractivity contribution in [3.05, 3.63) is 42.5 Å². The van der Waals surface area contributed by atoms with E-state index in [1.54, 1.807) is 0 Å². The average Bonchev–Trinajstić information content (AvgIpc) is 3.21. The van der Waals surface area contributed by atoms with E-state index < -0.39 is 29.1 Å². The zero-order valence-corrected chi connectivity index (χ0v) is 17.2. The number of β-amino-alcohol motifs (C(OH)–C–C–N with tert-alkyl or cyclic N) is 1. The molecule has 2 atom stereocenters. The fourth-order valence-electron chi connectivity index (χ4n) is 5.37. The summed E-state index contributed by atoms with van der Waals surface area (Å²) < 4.78 is 5.58. The summed E-state index contributed by atoms with van der Waals surface area (Å²) in [6.07, 6.45) is 5.99. The van der Waals surface area contributed by atoms with Crippen LogP contribution in [-0.2, 0) is 14.3 Å². The van der Waals surface area contributed by atoms with Gasteiger partial charge in [-0.1, -0.05) is 37.5 Å². The van der Waals surface area contributed by atoms with E-state index >= 15 is 0 Å². The minimum Gasteiger partial charge on any atom is -0.478 e. The first-order chi connectivity index (χ1) is 14.4. The maximum atomic E-state index is 12.1. The first kappa shape index (κ1) is 20.9. The summed E-state index contributed by atoms with van der Waals surface area (Å²) in [6, 6.07) is 10.3. The number of piperazine rings is 1. The number of anilines is 1. The van der Waals surface area contributed by atoms with Crippen molar-refractivity contribution in [1.29, 1.82) is 0 Å². The lowest BCUT2D eigenvalue weighted by molar-refractivity contribution is -0.143. The first-order valence-corrected chi connectivity index (χ1v) is 10.8. The number of hydrogen-bond acceptors (Lipinski definition) is 6. The SMILES string of the molecule is O=C(O)C=CC(=O)OC1C(O)(CN2CCN(c3ccccc3)CC2)C12CCCCC2. The van der Waals surface area contributed by atoms with E-state index in [9.17, 15) is 14.7 Å². The Bertz CT molecular complexity index is 797. The number of aliphatic carboxylic acids is 1. The molecule has 2 aliphatic carbocycles. The molecule has 1 heterocycles. The Labute approximate surface area is 176 Å². The zero-order valence-electron chi connectivity index (χ0n) is 17.2. The number of benzene rings is 1. The number of carbonyl (C=O) groups excluding carboxylic acids is 1. The van der Waals surface area contributed by atoms with Crippen molar-refractivity contribution in [2.24, 2.45) is 5.41 Å². The van der Waals surface area contributed by atoms with E-state index in [1.807, 2.05) is 18.2 Å². The molecule has 30 heavy (non-hydrogen) atoms. The van der Waals surface area contributed by atoms with E-state index in [-0.39, 0.29) is 0 Å². The molecule has 7 nitrogen and oxygen atoms in total. The van der Waals surface area contributed by atoms with Gasteiger partial charge in [-0.25, -0.2) is 9.59 Å². The molecule has 162 valence electrons. The molecule has 2 saturated carbocycles. The Hall–Kier alpha value is -2.38. The van der Waals surface area contributed by atoms with Crippen LogP contribution in [0.3, 0.4) is 0 Å². The van der Waals surface area contributed by atoms with Crippen molar-refractivity contribution in [3.63, 3.8) is 0 Å². The van der Waals surface area contributed by atoms with Gasteiger partial charge in [0.05, 0.1) is 0 Å². The molecule has 2 N–H and O–H groups in total. The smallest absolute Gasteiger partial charge is 0.331 e. The van der Waals surface area contributed by atoms with Gasteiger partial charge in [-0.3, -0.25) is 4.90 Å². The molecular formula is C23H30N2O5. The summed E-state index contributed by atoms with van der Waals surface area (Å²) in [4.78, 5) is 27.4. The van der Waals surface area contributed by atoms with Crippen molar-refractivity contribution >= 4 is 17.6 Å². The number of aliphatic hydroxyl groups is 1. The van der Waals surface area contributed by atoms with E-state index in [1.165, 1.54) is 5.69 Å². The van der Waals surface area contributed by atoms with Crippen molar-refractivity contribution < 1.29 is 24.5 Å². The molecule has 1 spiro atoms. The molecule has 1 aliphatic heterocycles. The summed E-state index contributed by atoms with van der Waals surface area (Å²) in [7, 11) is 0. The van der Waals surface area contributed by atoms with Gasteiger partial charge in [0, 0.05) is 56.0 Å². The van der Waals surface area contributed by atoms with Crippen LogP contribution in [0.15, 0.2) is 42.5 Å². The maximum absolute atomic E-state index is 12.1. The molecule has 7 heteroatoms. The summed E-state index contributed by atoms with van der Waals surface area (Å²) >= 11 is 0. The lowest BCUT2D eigenvalue weighted by Gasteiger charge is -2.38. The number of para-hydroxylation sites is 1. The third-order valence-corrected chi connectivity index (χ3v) is 7.01. The van der Waals surface area contributed by atoms with E-state index in [0.717, 1.165) is 70.4 Å². The number of carboxylic acids is 1. The molecular weight excluding hydrogens is 384 g/mol. The Morgan fingerprint density at radius 3 is 2.33 bits per heavy atom. The highest BCUT2D eigenvalue weighted by molar-refractivity contribution is 5.91. The number of ether oxygens (including phenoxy) is 1. The fraction of sp³-hybridized carbons (Fsp3) is 0.565. The van der Waals surface area contributed by atoms with Gasteiger partial charge in [-0.15, -0.1) is 0 Å². The first-order valence-electron chi connectivity index (χ1n) is 10.8. The second kappa shape index (κ2) is 8.40. The van der Waals surface area contributed by atoms with Gasteiger partial charge in [-0.05, 0) is 25.0 Å². The Kier molecular flexibility index (Phi) is 5.84. The van der Waals surface area contributed by atoms with Gasteiger partial charge in [0.25, 0.3) is 0 Å². The minimum absolute atomic E-state index is 0.394. The van der Waals surface area contributed by atoms with Gasteiger partial charge in [0.1, 0.15) is 11.7 Å². The molecule has 2 unspecified atom stereocenters. The molecule has 3 fully saturated rings. The Morgan fingerprint density at radius 1 is 1.03 bits per heavy atom. The van der Waals surface area contributed by atoms with Crippen molar-refractivity contribution in [3.8, 4) is 0 Å². The number of rotatable bonds is 6. The monoisotopic (exact) mass is 414 g/mol. The number of hydrogen-bond donors (Lipinski definition) is 2. The standard InChI is InChI=1S/C23H30N2O5/c26-19(27)9-10-20(28)30-21-22(11-5-2-6-12-22)23(21,29)17-24-13-15-25(16-14-24)18-7-3-1-4-8-18/h1,3-4,7-10,21,29H,2,5-6,11-17H2,(H,26,27). The summed E-state index contributed by atoms with van der Waals surface area (Å²) in [5.41, 5.74) is -0.244. The largest absolute Gasteiger partial charge is 0.478 e. The highest BCUT2D eigenvalue weighted by Gasteiger charge is 2.78. The van der Waals surface area contributed by atoms with E-state index in [0.29, 0.717) is 6.54 Å². The van der Waals surface area contributed by atoms with Crippen LogP contribution >= 0.6 is 0 Å². The lowest BCUT2D eigenvalue weighted by Crippen LogP contribution is -2.50. The molecule has 1 saturated heterocycles. The van der Waals surface area contributed by atoms with Gasteiger partial charge in [0.15, 0.2) is 0 Å². The highest BCUT2D eigenvalue weighted by Crippen LogP contribution is 2.66. The molecule has 1 aromatic rings. The molecule has 0 amide bonds. The van der Waals surface area contributed by atoms with Gasteiger partial charge in [0.2, 0.25) is 0 Å². The van der Waals surface area contributed by atoms with Crippen LogP contribution in [0.5, 0.6) is 0 Å². The average molecular weight is 415 g/mol. The van der Waals surface area contributed by atoms with Crippen LogP contribution in [0.2, 0.25) is 0 Å². The highest BCUT2D eigenvalue weighted by atomic mass is 16.6. The van der Waals surface area contributed by atoms with Crippen LogP contribution in [-0.4, -0.2) is 71.5 Å². The molecule has 4 rings (SSSR count).